The molecule has 3 heterocycles. The van der Waals surface area contributed by atoms with E-state index in [4.69, 9.17) is 16.0 Å². The number of thioether (sulfide) groups is 1. The second kappa shape index (κ2) is 15.1. The molecule has 49 heavy (non-hydrogen) atoms. The first-order valence-electron chi connectivity index (χ1n) is 16.2. The van der Waals surface area contributed by atoms with Crippen molar-refractivity contribution in [3.8, 4) is 0 Å². The predicted molar refractivity (Wildman–Crippen MR) is 186 cm³/mol. The summed E-state index contributed by atoms with van der Waals surface area (Å²) in [7, 11) is 0. The Morgan fingerprint density at radius 3 is 2.45 bits per heavy atom. The molecule has 4 aromatic rings. The Kier molecular flexibility index (Phi) is 10.7. The highest BCUT2D eigenvalue weighted by Crippen LogP contribution is 2.37. The minimum absolute atomic E-state index is 0.0223. The first kappa shape index (κ1) is 34.6. The van der Waals surface area contributed by atoms with Gasteiger partial charge in [0.2, 0.25) is 5.91 Å². The molecule has 0 bridgehead atoms. The van der Waals surface area contributed by atoms with E-state index in [0.717, 1.165) is 74.3 Å². The quantitative estimate of drug-likeness (QED) is 0.140. The highest BCUT2D eigenvalue weighted by molar-refractivity contribution is 8.00. The second-order valence-corrected chi connectivity index (χ2v) is 13.9. The van der Waals surface area contributed by atoms with Crippen LogP contribution >= 0.6 is 23.4 Å². The fraction of sp³-hybridized carbons (Fsp3) is 0.324. The van der Waals surface area contributed by atoms with E-state index in [1.165, 1.54) is 17.7 Å². The van der Waals surface area contributed by atoms with Gasteiger partial charge in [-0.3, -0.25) is 14.4 Å². The number of halogens is 4. The third-order valence-electron chi connectivity index (χ3n) is 8.80. The normalized spacial score (nSPS) is 16.2. The van der Waals surface area contributed by atoms with Gasteiger partial charge in [-0.05, 0) is 91.4 Å². The molecule has 0 saturated carbocycles. The standard InChI is InChI=1S/C37H35ClF3N3O4S/c38-27-10-8-24(9-11-27)19-28(42-36(47)34-22-32(45)30-21-29(49-37(39,40)41)12-13-33(30)48-34)20-25-14-17-43(18-15-25)31-6-2-1-5-26(31)23-44-16-4-3-7-35(44)46/h1-2,5-6,8-13,20-22,28H,3-4,7,14-19,23H2,(H,42,47)/t28-/m1/s1. The smallest absolute Gasteiger partial charge is 0.446 e. The Balaban J connectivity index is 1.18. The maximum Gasteiger partial charge on any atom is 0.446 e. The van der Waals surface area contributed by atoms with Crippen LogP contribution < -0.4 is 15.6 Å². The molecule has 1 atom stereocenters. The number of nitrogens with zero attached hydrogens (tertiary/aromatic N) is 2. The summed E-state index contributed by atoms with van der Waals surface area (Å²) in [5, 5.41) is 3.55. The van der Waals surface area contributed by atoms with Crippen molar-refractivity contribution in [2.24, 2.45) is 0 Å². The van der Waals surface area contributed by atoms with E-state index in [1.54, 1.807) is 12.1 Å². The van der Waals surface area contributed by atoms with Crippen molar-refractivity contribution >= 4 is 51.8 Å². The van der Waals surface area contributed by atoms with Crippen LogP contribution in [0.5, 0.6) is 0 Å². The van der Waals surface area contributed by atoms with Gasteiger partial charge in [-0.2, -0.15) is 13.2 Å². The van der Waals surface area contributed by atoms with Crippen molar-refractivity contribution < 1.29 is 27.2 Å². The molecule has 256 valence electrons. The Morgan fingerprint density at radius 2 is 1.71 bits per heavy atom. The number of nitrogens with one attached hydrogen (secondary N) is 1. The molecule has 7 nitrogen and oxygen atoms in total. The third kappa shape index (κ3) is 9.07. The number of rotatable bonds is 9. The Morgan fingerprint density at radius 1 is 0.959 bits per heavy atom. The van der Waals surface area contributed by atoms with Gasteiger partial charge >= 0.3 is 5.51 Å². The van der Waals surface area contributed by atoms with Gasteiger partial charge in [0.1, 0.15) is 5.58 Å². The Hall–Kier alpha value is -4.22. The molecule has 1 N–H and O–H groups in total. The number of para-hydroxylation sites is 1. The minimum Gasteiger partial charge on any atom is -0.451 e. The summed E-state index contributed by atoms with van der Waals surface area (Å²) in [5.74, 6) is -0.634. The largest absolute Gasteiger partial charge is 0.451 e. The lowest BCUT2D eigenvalue weighted by molar-refractivity contribution is -0.133. The minimum atomic E-state index is -4.50. The zero-order valence-corrected chi connectivity index (χ0v) is 28.2. The zero-order chi connectivity index (χ0) is 34.5. The van der Waals surface area contributed by atoms with Gasteiger partial charge in [0.25, 0.3) is 5.91 Å². The lowest BCUT2D eigenvalue weighted by Crippen LogP contribution is -2.37. The van der Waals surface area contributed by atoms with Gasteiger partial charge in [0.15, 0.2) is 11.2 Å². The van der Waals surface area contributed by atoms with Crippen molar-refractivity contribution in [2.45, 2.75) is 61.5 Å². The second-order valence-electron chi connectivity index (χ2n) is 12.3. The van der Waals surface area contributed by atoms with Gasteiger partial charge in [-0.25, -0.2) is 0 Å². The molecule has 0 spiro atoms. The van der Waals surface area contributed by atoms with Gasteiger partial charge in [0.05, 0.1) is 11.4 Å². The first-order valence-corrected chi connectivity index (χ1v) is 17.4. The molecule has 6 rings (SSSR count). The number of alkyl halides is 3. The van der Waals surface area contributed by atoms with Crippen molar-refractivity contribution in [3.63, 3.8) is 0 Å². The van der Waals surface area contributed by atoms with E-state index in [1.807, 2.05) is 29.2 Å². The summed E-state index contributed by atoms with van der Waals surface area (Å²) in [6.45, 7) is 2.92. The zero-order valence-electron chi connectivity index (χ0n) is 26.6. The first-order chi connectivity index (χ1) is 23.5. The van der Waals surface area contributed by atoms with Crippen molar-refractivity contribution in [3.05, 3.63) is 117 Å². The highest BCUT2D eigenvalue weighted by atomic mass is 35.5. The molecule has 1 aromatic heterocycles. The number of fused-ring (bicyclic) bond motifs is 1. The van der Waals surface area contributed by atoms with Gasteiger partial charge < -0.3 is 19.5 Å². The van der Waals surface area contributed by atoms with Crippen LogP contribution in [0, 0.1) is 0 Å². The molecule has 0 aliphatic carbocycles. The average Bonchev–Trinajstić information content (AvgIpc) is 3.07. The van der Waals surface area contributed by atoms with E-state index in [2.05, 4.69) is 28.4 Å². The van der Waals surface area contributed by atoms with Gasteiger partial charge in [-0.1, -0.05) is 53.6 Å². The van der Waals surface area contributed by atoms with E-state index < -0.39 is 22.9 Å². The third-order valence-corrected chi connectivity index (χ3v) is 9.77. The van der Waals surface area contributed by atoms with Crippen LogP contribution in [0.15, 0.2) is 98.6 Å². The summed E-state index contributed by atoms with van der Waals surface area (Å²) in [5.41, 5.74) is -0.716. The average molecular weight is 710 g/mol. The number of benzene rings is 3. The SMILES string of the molecule is O=C(N[C@@H](C=C1CCN(c2ccccc2CN2CCCCC2=O)CC1)Cc1ccc(Cl)cc1)c1cc(=O)c2cc(SC(F)(F)F)ccc2o1. The summed E-state index contributed by atoms with van der Waals surface area (Å²) in [6.07, 6.45) is 6.63. The summed E-state index contributed by atoms with van der Waals surface area (Å²) >= 11 is 5.78. The van der Waals surface area contributed by atoms with E-state index in [0.29, 0.717) is 24.4 Å². The monoisotopic (exact) mass is 709 g/mol. The number of carbonyl (C=O) groups is 2. The number of hydrogen-bond donors (Lipinski definition) is 1. The molecule has 0 radical (unpaired) electrons. The molecular formula is C37H35ClF3N3O4S. The van der Waals surface area contributed by atoms with Gasteiger partial charge in [-0.15, -0.1) is 0 Å². The van der Waals surface area contributed by atoms with Gasteiger partial charge in [0, 0.05) is 54.3 Å². The maximum absolute atomic E-state index is 13.5. The summed E-state index contributed by atoms with van der Waals surface area (Å²) in [6, 6.07) is 19.7. The molecule has 2 fully saturated rings. The molecule has 12 heteroatoms. The van der Waals surface area contributed by atoms with E-state index in [9.17, 15) is 27.6 Å². The molecule has 2 saturated heterocycles. The van der Waals surface area contributed by atoms with Crippen LogP contribution in [0.2, 0.25) is 5.02 Å². The summed E-state index contributed by atoms with van der Waals surface area (Å²) < 4.78 is 44.3. The maximum atomic E-state index is 13.5. The topological polar surface area (TPSA) is 82.9 Å². The highest BCUT2D eigenvalue weighted by Gasteiger charge is 2.29. The van der Waals surface area contributed by atoms with E-state index in [-0.39, 0.29) is 39.3 Å². The number of likely N-dealkylation sites (tertiary alicyclic amines) is 1. The molecule has 2 amide bonds. The fourth-order valence-corrected chi connectivity index (χ4v) is 7.09. The van der Waals surface area contributed by atoms with Crippen LogP contribution in [0.1, 0.15) is 53.8 Å². The van der Waals surface area contributed by atoms with Crippen molar-refractivity contribution in [2.75, 3.05) is 24.5 Å². The van der Waals surface area contributed by atoms with Crippen LogP contribution in [0.3, 0.4) is 0 Å². The van der Waals surface area contributed by atoms with E-state index >= 15 is 0 Å². The van der Waals surface area contributed by atoms with Crippen molar-refractivity contribution in [1.82, 2.24) is 10.2 Å². The van der Waals surface area contributed by atoms with Crippen LogP contribution in [-0.2, 0) is 17.8 Å². The van der Waals surface area contributed by atoms with Crippen LogP contribution in [0.25, 0.3) is 11.0 Å². The predicted octanol–water partition coefficient (Wildman–Crippen LogP) is 8.14. The molecule has 2 aliphatic rings. The van der Waals surface area contributed by atoms with Crippen LogP contribution in [-0.4, -0.2) is 47.9 Å². The molecule has 0 unspecified atom stereocenters. The number of carbonyl (C=O) groups excluding carboxylic acids is 2. The number of hydrogen-bond acceptors (Lipinski definition) is 6. The Labute approximate surface area is 291 Å². The fourth-order valence-electron chi connectivity index (χ4n) is 6.38. The molecule has 3 aromatic carbocycles. The molecule has 2 aliphatic heterocycles. The lowest BCUT2D eigenvalue weighted by atomic mass is 9.97. The van der Waals surface area contributed by atoms with Crippen molar-refractivity contribution in [1.29, 1.82) is 0 Å². The lowest BCUT2D eigenvalue weighted by Gasteiger charge is -2.34. The summed E-state index contributed by atoms with van der Waals surface area (Å²) in [4.78, 5) is 43.0. The molecular weight excluding hydrogens is 675 g/mol. The Bertz CT molecular complexity index is 1920. The van der Waals surface area contributed by atoms with Crippen LogP contribution in [0.4, 0.5) is 18.9 Å². The number of amides is 2. The number of anilines is 1. The number of piperidine rings is 2.